The van der Waals surface area contributed by atoms with Gasteiger partial charge < -0.3 is 4.40 Å². The van der Waals surface area contributed by atoms with Gasteiger partial charge in [0.1, 0.15) is 5.69 Å². The smallest absolute Gasteiger partial charge is 0.213 e. The van der Waals surface area contributed by atoms with Gasteiger partial charge in [-0.2, -0.15) is 0 Å². The second-order valence-corrected chi connectivity index (χ2v) is 5.49. The van der Waals surface area contributed by atoms with Crippen LogP contribution in [-0.4, -0.2) is 15.2 Å². The van der Waals surface area contributed by atoms with Crippen LogP contribution in [0.4, 0.5) is 0 Å². The second-order valence-electron chi connectivity index (χ2n) is 5.05. The van der Waals surface area contributed by atoms with Crippen LogP contribution in [0.3, 0.4) is 0 Å². The van der Waals surface area contributed by atoms with E-state index in [1.54, 1.807) is 18.2 Å². The standard InChI is InChI=1S/C18H11ClN2O/c19-13-8-9-14-16(11-13)21-10-4-7-15(21)17(20-14)18(22)12-5-2-1-3-6-12/h1-11H. The van der Waals surface area contributed by atoms with Gasteiger partial charge in [0, 0.05) is 16.8 Å². The van der Waals surface area contributed by atoms with Gasteiger partial charge in [-0.15, -0.1) is 0 Å². The molecule has 4 rings (SSSR count). The molecular formula is C18H11ClN2O. The minimum atomic E-state index is -0.0823. The summed E-state index contributed by atoms with van der Waals surface area (Å²) in [6.45, 7) is 0. The number of rotatable bonds is 2. The summed E-state index contributed by atoms with van der Waals surface area (Å²) in [5.74, 6) is -0.0823. The zero-order valence-electron chi connectivity index (χ0n) is 11.5. The first kappa shape index (κ1) is 13.0. The Balaban J connectivity index is 2.03. The van der Waals surface area contributed by atoms with E-state index < -0.39 is 0 Å². The number of halogens is 1. The number of carbonyl (C=O) groups excluding carboxylic acids is 1. The fourth-order valence-electron chi connectivity index (χ4n) is 2.64. The average molecular weight is 307 g/mol. The topological polar surface area (TPSA) is 34.4 Å². The van der Waals surface area contributed by atoms with Crippen molar-refractivity contribution in [1.82, 2.24) is 9.38 Å². The largest absolute Gasteiger partial charge is 0.313 e. The lowest BCUT2D eigenvalue weighted by atomic mass is 10.1. The molecule has 0 saturated carbocycles. The van der Waals surface area contributed by atoms with Crippen molar-refractivity contribution < 1.29 is 4.79 Å². The van der Waals surface area contributed by atoms with Gasteiger partial charge in [0.15, 0.2) is 0 Å². The highest BCUT2D eigenvalue weighted by Gasteiger charge is 2.16. The molecule has 0 amide bonds. The first-order chi connectivity index (χ1) is 10.7. The van der Waals surface area contributed by atoms with E-state index in [1.807, 2.05) is 53.1 Å². The van der Waals surface area contributed by atoms with Crippen LogP contribution in [-0.2, 0) is 0 Å². The summed E-state index contributed by atoms with van der Waals surface area (Å²) in [5, 5.41) is 0.645. The van der Waals surface area contributed by atoms with Crippen molar-refractivity contribution >= 4 is 33.9 Å². The Labute approximate surface area is 131 Å². The number of nitrogens with zero attached hydrogens (tertiary/aromatic N) is 2. The van der Waals surface area contributed by atoms with Crippen LogP contribution >= 0.6 is 11.6 Å². The number of hydrogen-bond donors (Lipinski definition) is 0. The lowest BCUT2D eigenvalue weighted by Crippen LogP contribution is -2.07. The van der Waals surface area contributed by atoms with Crippen LogP contribution in [0.5, 0.6) is 0 Å². The molecule has 2 aromatic heterocycles. The highest BCUT2D eigenvalue weighted by molar-refractivity contribution is 6.31. The predicted molar refractivity (Wildman–Crippen MR) is 87.6 cm³/mol. The van der Waals surface area contributed by atoms with Crippen molar-refractivity contribution in [2.45, 2.75) is 0 Å². The van der Waals surface area contributed by atoms with Crippen LogP contribution in [0.1, 0.15) is 16.1 Å². The van der Waals surface area contributed by atoms with E-state index in [1.165, 1.54) is 0 Å². The molecule has 0 spiro atoms. The molecular weight excluding hydrogens is 296 g/mol. The van der Waals surface area contributed by atoms with Crippen LogP contribution < -0.4 is 0 Å². The Bertz CT molecular complexity index is 1010. The third-order valence-corrected chi connectivity index (χ3v) is 3.91. The van der Waals surface area contributed by atoms with Gasteiger partial charge in [-0.05, 0) is 30.3 Å². The molecule has 0 saturated heterocycles. The zero-order chi connectivity index (χ0) is 15.1. The van der Waals surface area contributed by atoms with E-state index in [0.717, 1.165) is 16.6 Å². The van der Waals surface area contributed by atoms with Crippen molar-refractivity contribution in [2.24, 2.45) is 0 Å². The van der Waals surface area contributed by atoms with Gasteiger partial charge in [0.05, 0.1) is 16.6 Å². The van der Waals surface area contributed by atoms with E-state index >= 15 is 0 Å². The zero-order valence-corrected chi connectivity index (χ0v) is 12.3. The summed E-state index contributed by atoms with van der Waals surface area (Å²) < 4.78 is 1.95. The van der Waals surface area contributed by atoms with E-state index in [9.17, 15) is 4.79 Å². The SMILES string of the molecule is O=C(c1ccccc1)c1nc2ccc(Cl)cc2n2cccc12. The van der Waals surface area contributed by atoms with Crippen molar-refractivity contribution in [3.8, 4) is 0 Å². The van der Waals surface area contributed by atoms with Gasteiger partial charge in [0.25, 0.3) is 0 Å². The summed E-state index contributed by atoms with van der Waals surface area (Å²) in [7, 11) is 0. The van der Waals surface area contributed by atoms with Gasteiger partial charge in [-0.1, -0.05) is 41.9 Å². The molecule has 3 nitrogen and oxygen atoms in total. The first-order valence-corrected chi connectivity index (χ1v) is 7.28. The van der Waals surface area contributed by atoms with E-state index in [-0.39, 0.29) is 5.78 Å². The number of ketones is 1. The fraction of sp³-hybridized carbons (Fsp3) is 0. The molecule has 106 valence electrons. The maximum Gasteiger partial charge on any atom is 0.213 e. The minimum Gasteiger partial charge on any atom is -0.313 e. The van der Waals surface area contributed by atoms with E-state index in [0.29, 0.717) is 16.3 Å². The first-order valence-electron chi connectivity index (χ1n) is 6.90. The Kier molecular flexibility index (Phi) is 2.94. The number of benzene rings is 2. The molecule has 0 N–H and O–H groups in total. The van der Waals surface area contributed by atoms with Crippen molar-refractivity contribution in [2.75, 3.05) is 0 Å². The van der Waals surface area contributed by atoms with Crippen molar-refractivity contribution in [3.05, 3.63) is 83.1 Å². The molecule has 0 aliphatic rings. The van der Waals surface area contributed by atoms with Crippen molar-refractivity contribution in [3.63, 3.8) is 0 Å². The normalized spacial score (nSPS) is 11.1. The van der Waals surface area contributed by atoms with Gasteiger partial charge >= 0.3 is 0 Å². The lowest BCUT2D eigenvalue weighted by molar-refractivity contribution is 0.103. The lowest BCUT2D eigenvalue weighted by Gasteiger charge is -2.08. The quantitative estimate of drug-likeness (QED) is 0.515. The van der Waals surface area contributed by atoms with Crippen LogP contribution in [0, 0.1) is 0 Å². The monoisotopic (exact) mass is 306 g/mol. The third-order valence-electron chi connectivity index (χ3n) is 3.67. The van der Waals surface area contributed by atoms with Crippen LogP contribution in [0.25, 0.3) is 16.6 Å². The van der Waals surface area contributed by atoms with Crippen LogP contribution in [0.15, 0.2) is 66.9 Å². The minimum absolute atomic E-state index is 0.0823. The summed E-state index contributed by atoms with van der Waals surface area (Å²) in [4.78, 5) is 17.3. The summed E-state index contributed by atoms with van der Waals surface area (Å²) >= 11 is 6.08. The molecule has 0 bridgehead atoms. The third kappa shape index (κ3) is 1.98. The Morgan fingerprint density at radius 2 is 1.77 bits per heavy atom. The van der Waals surface area contributed by atoms with Gasteiger partial charge in [0.2, 0.25) is 5.78 Å². The number of fused-ring (bicyclic) bond motifs is 3. The maximum absolute atomic E-state index is 12.8. The number of aromatic nitrogens is 2. The van der Waals surface area contributed by atoms with E-state index in [2.05, 4.69) is 4.98 Å². The van der Waals surface area contributed by atoms with E-state index in [4.69, 9.17) is 11.6 Å². The van der Waals surface area contributed by atoms with Crippen molar-refractivity contribution in [1.29, 1.82) is 0 Å². The van der Waals surface area contributed by atoms with Crippen LogP contribution in [0.2, 0.25) is 5.02 Å². The molecule has 0 atom stereocenters. The maximum atomic E-state index is 12.8. The highest BCUT2D eigenvalue weighted by atomic mass is 35.5. The highest BCUT2D eigenvalue weighted by Crippen LogP contribution is 2.23. The molecule has 2 heterocycles. The number of carbonyl (C=O) groups is 1. The molecule has 0 aliphatic carbocycles. The van der Waals surface area contributed by atoms with Gasteiger partial charge in [-0.25, -0.2) is 4.98 Å². The average Bonchev–Trinajstić information content (AvgIpc) is 3.04. The Morgan fingerprint density at radius 1 is 0.955 bits per heavy atom. The second kappa shape index (κ2) is 4.97. The molecule has 2 aromatic carbocycles. The summed E-state index contributed by atoms with van der Waals surface area (Å²) in [6, 6.07) is 18.5. The Hall–Kier alpha value is -2.65. The molecule has 0 aliphatic heterocycles. The fourth-order valence-corrected chi connectivity index (χ4v) is 2.81. The molecule has 0 fully saturated rings. The molecule has 0 unspecified atom stereocenters. The van der Waals surface area contributed by atoms with Gasteiger partial charge in [-0.3, -0.25) is 4.79 Å². The Morgan fingerprint density at radius 3 is 2.59 bits per heavy atom. The number of hydrogen-bond acceptors (Lipinski definition) is 2. The molecule has 4 aromatic rings. The summed E-state index contributed by atoms with van der Waals surface area (Å²) in [6.07, 6.45) is 1.91. The predicted octanol–water partition coefficient (Wildman–Crippen LogP) is 4.37. The molecule has 0 radical (unpaired) electrons. The molecule has 4 heteroatoms. The summed E-state index contributed by atoms with van der Waals surface area (Å²) in [5.41, 5.74) is 3.49. The molecule has 22 heavy (non-hydrogen) atoms.